The molecule has 0 aromatic heterocycles. The Morgan fingerprint density at radius 2 is 2.00 bits per heavy atom. The van der Waals surface area contributed by atoms with Crippen molar-refractivity contribution in [2.75, 3.05) is 0 Å². The van der Waals surface area contributed by atoms with Gasteiger partial charge in [-0.05, 0) is 24.7 Å². The second-order valence-electron chi connectivity index (χ2n) is 5.35. The molecular weight excluding hydrogens is 230 g/mol. The van der Waals surface area contributed by atoms with Crippen LogP contribution >= 0.6 is 12.4 Å². The molecule has 0 saturated heterocycles. The smallest absolute Gasteiger partial charge is 0.333 e. The van der Waals surface area contributed by atoms with Crippen LogP contribution in [-0.2, 0) is 9.53 Å². The fourth-order valence-corrected chi connectivity index (χ4v) is 1.93. The summed E-state index contributed by atoms with van der Waals surface area (Å²) in [6.45, 7) is 5.60. The lowest BCUT2D eigenvalue weighted by Gasteiger charge is -2.30. The lowest BCUT2D eigenvalue weighted by atomic mass is 9.89. The van der Waals surface area contributed by atoms with E-state index in [1.807, 2.05) is 20.8 Å². The summed E-state index contributed by atoms with van der Waals surface area (Å²) in [4.78, 5) is 11.1. The fourth-order valence-electron chi connectivity index (χ4n) is 1.93. The van der Waals surface area contributed by atoms with Gasteiger partial charge in [-0.25, -0.2) is 4.79 Å². The molecule has 3 atom stereocenters. The number of carboxylic acids is 1. The normalized spacial score (nSPS) is 27.2. The number of ether oxygens (including phenoxy) is 1. The quantitative estimate of drug-likeness (QED) is 0.802. The Kier molecular flexibility index (Phi) is 5.73. The Labute approximate surface area is 103 Å². The summed E-state index contributed by atoms with van der Waals surface area (Å²) in [5, 5.41) is 9.09. The fraction of sp³-hybridized carbons (Fsp3) is 0.909. The molecule has 16 heavy (non-hydrogen) atoms. The van der Waals surface area contributed by atoms with E-state index in [-0.39, 0.29) is 24.6 Å². The van der Waals surface area contributed by atoms with Crippen molar-refractivity contribution in [3.8, 4) is 0 Å². The van der Waals surface area contributed by atoms with Crippen LogP contribution in [0.2, 0.25) is 0 Å². The van der Waals surface area contributed by atoms with Crippen LogP contribution in [0.5, 0.6) is 0 Å². The van der Waals surface area contributed by atoms with Crippen molar-refractivity contribution in [2.45, 2.75) is 58.3 Å². The summed E-state index contributed by atoms with van der Waals surface area (Å²) in [5.74, 6) is -0.901. The van der Waals surface area contributed by atoms with E-state index in [0.717, 1.165) is 19.3 Å². The lowest BCUT2D eigenvalue weighted by Crippen LogP contribution is -2.43. The number of rotatable bonds is 3. The summed E-state index contributed by atoms with van der Waals surface area (Å²) < 4.78 is 5.62. The third-order valence-corrected chi connectivity index (χ3v) is 2.83. The molecule has 0 heterocycles. The summed E-state index contributed by atoms with van der Waals surface area (Å²) in [5.41, 5.74) is 5.46. The molecule has 1 aliphatic carbocycles. The van der Waals surface area contributed by atoms with Gasteiger partial charge in [0.1, 0.15) is 0 Å². The minimum Gasteiger partial charge on any atom is -0.479 e. The van der Waals surface area contributed by atoms with Gasteiger partial charge in [-0.2, -0.15) is 0 Å². The molecule has 0 aromatic rings. The van der Waals surface area contributed by atoms with Crippen LogP contribution in [0.25, 0.3) is 0 Å². The van der Waals surface area contributed by atoms with Crippen molar-refractivity contribution in [1.82, 2.24) is 0 Å². The molecule has 5 heteroatoms. The van der Waals surface area contributed by atoms with Crippen molar-refractivity contribution in [2.24, 2.45) is 11.1 Å². The first-order valence-corrected chi connectivity index (χ1v) is 5.46. The lowest BCUT2D eigenvalue weighted by molar-refractivity contribution is -0.164. The predicted molar refractivity (Wildman–Crippen MR) is 64.8 cm³/mol. The third-order valence-electron chi connectivity index (χ3n) is 2.83. The largest absolute Gasteiger partial charge is 0.479 e. The Balaban J connectivity index is 0.00000225. The predicted octanol–water partition coefficient (Wildman–Crippen LogP) is 1.80. The van der Waals surface area contributed by atoms with E-state index in [1.54, 1.807) is 0 Å². The zero-order valence-electron chi connectivity index (χ0n) is 10.1. The highest BCUT2D eigenvalue weighted by Gasteiger charge is 2.37. The maximum Gasteiger partial charge on any atom is 0.333 e. The minimum absolute atomic E-state index is 0. The van der Waals surface area contributed by atoms with Crippen molar-refractivity contribution >= 4 is 18.4 Å². The highest BCUT2D eigenvalue weighted by Crippen LogP contribution is 2.28. The van der Waals surface area contributed by atoms with Crippen LogP contribution in [-0.4, -0.2) is 29.3 Å². The second kappa shape index (κ2) is 5.84. The van der Waals surface area contributed by atoms with Gasteiger partial charge in [0.25, 0.3) is 0 Å². The molecule has 0 aromatic carbocycles. The summed E-state index contributed by atoms with van der Waals surface area (Å²) in [6, 6.07) is -0.00537. The van der Waals surface area contributed by atoms with E-state index >= 15 is 0 Å². The monoisotopic (exact) mass is 251 g/mol. The minimum atomic E-state index is -0.901. The molecule has 0 aliphatic heterocycles. The molecule has 3 N–H and O–H groups in total. The van der Waals surface area contributed by atoms with Crippen molar-refractivity contribution in [3.05, 3.63) is 0 Å². The number of aliphatic carboxylic acids is 1. The van der Waals surface area contributed by atoms with Gasteiger partial charge in [0.2, 0.25) is 0 Å². The van der Waals surface area contributed by atoms with Crippen molar-refractivity contribution < 1.29 is 14.6 Å². The van der Waals surface area contributed by atoms with Gasteiger partial charge in [0, 0.05) is 6.04 Å². The molecule has 4 nitrogen and oxygen atoms in total. The summed E-state index contributed by atoms with van der Waals surface area (Å²) in [6.07, 6.45) is 1.97. The molecule has 1 saturated carbocycles. The van der Waals surface area contributed by atoms with Crippen LogP contribution in [0.1, 0.15) is 40.0 Å². The number of halogens is 1. The van der Waals surface area contributed by atoms with E-state index in [0.29, 0.717) is 0 Å². The molecule has 1 aliphatic rings. The maximum absolute atomic E-state index is 11.1. The van der Waals surface area contributed by atoms with Gasteiger partial charge in [-0.15, -0.1) is 12.4 Å². The van der Waals surface area contributed by atoms with Gasteiger partial charge >= 0.3 is 5.97 Å². The zero-order chi connectivity index (χ0) is 11.6. The van der Waals surface area contributed by atoms with Gasteiger partial charge in [-0.3, -0.25) is 0 Å². The van der Waals surface area contributed by atoms with Gasteiger partial charge < -0.3 is 15.6 Å². The molecule has 1 rings (SSSR count). The highest BCUT2D eigenvalue weighted by atomic mass is 35.5. The number of carbonyl (C=O) groups is 1. The number of carboxylic acid groups (broad SMARTS) is 1. The number of nitrogens with two attached hydrogens (primary N) is 1. The SMILES string of the molecule is CC(C)(C)C(O[C@H]1CCC[C@@H]1N)C(=O)O.Cl. The standard InChI is InChI=1S/C11H21NO3.ClH/c1-11(2,3)9(10(13)14)15-8-6-4-5-7(8)12;/h7-9H,4-6,12H2,1-3H3,(H,13,14);1H/t7-,8-,9?;/m0./s1. The third kappa shape index (κ3) is 3.92. The van der Waals surface area contributed by atoms with E-state index in [1.165, 1.54) is 0 Å². The molecule has 0 spiro atoms. The van der Waals surface area contributed by atoms with E-state index < -0.39 is 17.5 Å². The average Bonchev–Trinajstić information content (AvgIpc) is 2.44. The molecule has 0 bridgehead atoms. The molecule has 0 amide bonds. The molecule has 1 unspecified atom stereocenters. The Morgan fingerprint density at radius 1 is 1.44 bits per heavy atom. The highest BCUT2D eigenvalue weighted by molar-refractivity contribution is 5.85. The summed E-state index contributed by atoms with van der Waals surface area (Å²) in [7, 11) is 0. The van der Waals surface area contributed by atoms with Crippen molar-refractivity contribution in [3.63, 3.8) is 0 Å². The Bertz CT molecular complexity index is 240. The zero-order valence-corrected chi connectivity index (χ0v) is 10.9. The van der Waals surface area contributed by atoms with Gasteiger partial charge in [0.05, 0.1) is 6.10 Å². The van der Waals surface area contributed by atoms with E-state index in [2.05, 4.69) is 0 Å². The van der Waals surface area contributed by atoms with Crippen LogP contribution in [0.3, 0.4) is 0 Å². The Hall–Kier alpha value is -0.320. The van der Waals surface area contributed by atoms with E-state index in [4.69, 9.17) is 15.6 Å². The van der Waals surface area contributed by atoms with Crippen molar-refractivity contribution in [1.29, 1.82) is 0 Å². The molecule has 96 valence electrons. The first-order valence-electron chi connectivity index (χ1n) is 5.46. The topological polar surface area (TPSA) is 72.5 Å². The average molecular weight is 252 g/mol. The molecule has 1 fully saturated rings. The van der Waals surface area contributed by atoms with Gasteiger partial charge in [0.15, 0.2) is 6.10 Å². The first kappa shape index (κ1) is 15.7. The summed E-state index contributed by atoms with van der Waals surface area (Å²) >= 11 is 0. The molecule has 0 radical (unpaired) electrons. The number of hydrogen-bond acceptors (Lipinski definition) is 3. The van der Waals surface area contributed by atoms with Crippen LogP contribution in [0.15, 0.2) is 0 Å². The first-order chi connectivity index (χ1) is 6.82. The Morgan fingerprint density at radius 3 is 2.31 bits per heavy atom. The van der Waals surface area contributed by atoms with Crippen LogP contribution in [0.4, 0.5) is 0 Å². The maximum atomic E-state index is 11.1. The van der Waals surface area contributed by atoms with Gasteiger partial charge in [-0.1, -0.05) is 20.8 Å². The molecular formula is C11H22ClNO3. The second-order valence-corrected chi connectivity index (χ2v) is 5.35. The van der Waals surface area contributed by atoms with E-state index in [9.17, 15) is 4.79 Å². The number of hydrogen-bond donors (Lipinski definition) is 2. The van der Waals surface area contributed by atoms with Crippen LogP contribution in [0, 0.1) is 5.41 Å². The van der Waals surface area contributed by atoms with Crippen LogP contribution < -0.4 is 5.73 Å².